The molecule has 0 heterocycles. The van der Waals surface area contributed by atoms with Crippen molar-refractivity contribution in [1.82, 2.24) is 9.62 Å². The second-order valence-electron chi connectivity index (χ2n) is 8.04. The monoisotopic (exact) mass is 501 g/mol. The topological polar surface area (TPSA) is 127 Å². The molecule has 0 atom stereocenters. The van der Waals surface area contributed by atoms with Gasteiger partial charge in [-0.25, -0.2) is 22.0 Å². The summed E-state index contributed by atoms with van der Waals surface area (Å²) in [6.07, 6.45) is 0. The fourth-order valence-corrected chi connectivity index (χ4v) is 5.10. The maximum Gasteiger partial charge on any atom is 0.243 e. The molecule has 8 nitrogen and oxygen atoms in total. The van der Waals surface area contributed by atoms with Crippen LogP contribution >= 0.6 is 0 Å². The Morgan fingerprint density at radius 2 is 1.24 bits per heavy atom. The molecular weight excluding hydrogens is 474 g/mol. The molecule has 0 spiro atoms. The highest BCUT2D eigenvalue weighted by Crippen LogP contribution is 2.19. The highest BCUT2D eigenvalue weighted by Gasteiger charge is 2.27. The molecule has 0 aliphatic heterocycles. The van der Waals surface area contributed by atoms with Crippen molar-refractivity contribution in [2.24, 2.45) is 5.14 Å². The van der Waals surface area contributed by atoms with E-state index in [9.17, 15) is 21.6 Å². The molecule has 3 aromatic carbocycles. The molecular formula is C24H27N3O5S2. The van der Waals surface area contributed by atoms with Gasteiger partial charge in [-0.2, -0.15) is 4.31 Å². The fourth-order valence-electron chi connectivity index (χ4n) is 3.20. The zero-order chi connectivity index (χ0) is 24.9. The smallest absolute Gasteiger partial charge is 0.243 e. The number of sulfonamides is 2. The molecule has 180 valence electrons. The van der Waals surface area contributed by atoms with Gasteiger partial charge in [0.1, 0.15) is 0 Å². The molecule has 3 rings (SSSR count). The first-order valence-electron chi connectivity index (χ1n) is 10.5. The third-order valence-corrected chi connectivity index (χ3v) is 7.93. The van der Waals surface area contributed by atoms with Gasteiger partial charge >= 0.3 is 0 Å². The van der Waals surface area contributed by atoms with Crippen LogP contribution in [0.4, 0.5) is 0 Å². The van der Waals surface area contributed by atoms with E-state index >= 15 is 0 Å². The number of aryl methyl sites for hydroxylation is 2. The van der Waals surface area contributed by atoms with Gasteiger partial charge in [-0.15, -0.1) is 0 Å². The number of rotatable bonds is 9. The van der Waals surface area contributed by atoms with Gasteiger partial charge in [0.25, 0.3) is 0 Å². The number of nitrogens with one attached hydrogen (secondary N) is 1. The number of carbonyl (C=O) groups excluding carboxylic acids is 1. The predicted octanol–water partition coefficient (Wildman–Crippen LogP) is 2.46. The second-order valence-corrected chi connectivity index (χ2v) is 11.5. The van der Waals surface area contributed by atoms with Gasteiger partial charge in [0.05, 0.1) is 16.3 Å². The van der Waals surface area contributed by atoms with E-state index in [4.69, 9.17) is 5.14 Å². The van der Waals surface area contributed by atoms with Gasteiger partial charge in [-0.1, -0.05) is 59.7 Å². The first-order valence-corrected chi connectivity index (χ1v) is 13.4. The number of hydrogen-bond donors (Lipinski definition) is 2. The number of amides is 1. The van der Waals surface area contributed by atoms with Crippen LogP contribution in [0.5, 0.6) is 0 Å². The molecule has 34 heavy (non-hydrogen) atoms. The number of benzene rings is 3. The number of nitrogens with two attached hydrogens (primary N) is 1. The third kappa shape index (κ3) is 6.73. The zero-order valence-corrected chi connectivity index (χ0v) is 20.6. The second kappa shape index (κ2) is 10.5. The van der Waals surface area contributed by atoms with Crippen molar-refractivity contribution in [2.75, 3.05) is 6.54 Å². The molecule has 0 bridgehead atoms. The van der Waals surface area contributed by atoms with Crippen molar-refractivity contribution in [2.45, 2.75) is 36.7 Å². The molecule has 0 saturated heterocycles. The molecule has 0 aliphatic rings. The van der Waals surface area contributed by atoms with Crippen molar-refractivity contribution in [1.29, 1.82) is 0 Å². The summed E-state index contributed by atoms with van der Waals surface area (Å²) in [6.45, 7) is 3.57. The molecule has 0 aliphatic carbocycles. The van der Waals surface area contributed by atoms with Crippen LogP contribution in [-0.4, -0.2) is 33.6 Å². The summed E-state index contributed by atoms with van der Waals surface area (Å²) < 4.78 is 50.6. The molecule has 0 radical (unpaired) electrons. The van der Waals surface area contributed by atoms with Crippen molar-refractivity contribution in [3.63, 3.8) is 0 Å². The Morgan fingerprint density at radius 1 is 0.765 bits per heavy atom. The van der Waals surface area contributed by atoms with Crippen LogP contribution in [0.1, 0.15) is 22.3 Å². The molecule has 0 saturated carbocycles. The Labute approximate surface area is 200 Å². The van der Waals surface area contributed by atoms with E-state index in [1.165, 1.54) is 36.4 Å². The Morgan fingerprint density at radius 3 is 1.76 bits per heavy atom. The molecule has 0 unspecified atom stereocenters. The minimum Gasteiger partial charge on any atom is -0.351 e. The summed E-state index contributed by atoms with van der Waals surface area (Å²) in [5.41, 5.74) is 3.37. The third-order valence-electron chi connectivity index (χ3n) is 5.20. The number of carbonyl (C=O) groups is 1. The summed E-state index contributed by atoms with van der Waals surface area (Å²) in [4.78, 5) is 12.8. The summed E-state index contributed by atoms with van der Waals surface area (Å²) in [5.74, 6) is -0.488. The Balaban J connectivity index is 1.76. The maximum atomic E-state index is 13.3. The molecule has 10 heteroatoms. The van der Waals surface area contributed by atoms with E-state index in [0.717, 1.165) is 21.0 Å². The van der Waals surface area contributed by atoms with Crippen LogP contribution in [0.15, 0.2) is 82.6 Å². The summed E-state index contributed by atoms with van der Waals surface area (Å²) in [6, 6.07) is 19.7. The first kappa shape index (κ1) is 25.6. The summed E-state index contributed by atoms with van der Waals surface area (Å²) >= 11 is 0. The van der Waals surface area contributed by atoms with Crippen molar-refractivity contribution >= 4 is 26.0 Å². The van der Waals surface area contributed by atoms with Crippen molar-refractivity contribution in [3.05, 3.63) is 95.1 Å². The van der Waals surface area contributed by atoms with E-state index in [2.05, 4.69) is 5.32 Å². The van der Waals surface area contributed by atoms with Gasteiger partial charge in [0.2, 0.25) is 26.0 Å². The average molecular weight is 502 g/mol. The van der Waals surface area contributed by atoms with Crippen molar-refractivity contribution < 1.29 is 21.6 Å². The van der Waals surface area contributed by atoms with Crippen LogP contribution < -0.4 is 10.5 Å². The van der Waals surface area contributed by atoms with Gasteiger partial charge in [0, 0.05) is 13.1 Å². The lowest BCUT2D eigenvalue weighted by atomic mass is 10.1. The minimum atomic E-state index is -3.93. The Bertz CT molecular complexity index is 1350. The fraction of sp³-hybridized carbons (Fsp3) is 0.208. The van der Waals surface area contributed by atoms with E-state index in [1.807, 2.05) is 38.1 Å². The standard InChI is InChI=1S/C24H27N3O5S2/c1-18-3-7-21(8-4-18)16-27(34(31,32)23-11-5-19(2)6-12-23)17-24(28)26-15-20-9-13-22(14-10-20)33(25,29)30/h3-14H,15-17H2,1-2H3,(H,26,28)(H2,25,29,30). The van der Waals surface area contributed by atoms with E-state index in [-0.39, 0.29) is 29.4 Å². The van der Waals surface area contributed by atoms with Gasteiger partial charge in [0.15, 0.2) is 0 Å². The predicted molar refractivity (Wildman–Crippen MR) is 130 cm³/mol. The van der Waals surface area contributed by atoms with Crippen LogP contribution in [0.3, 0.4) is 0 Å². The quantitative estimate of drug-likeness (QED) is 0.466. The highest BCUT2D eigenvalue weighted by molar-refractivity contribution is 7.89. The SMILES string of the molecule is Cc1ccc(CN(CC(=O)NCc2ccc(S(N)(=O)=O)cc2)S(=O)(=O)c2ccc(C)cc2)cc1. The minimum absolute atomic E-state index is 0.0314. The average Bonchev–Trinajstić information content (AvgIpc) is 2.78. The Kier molecular flexibility index (Phi) is 7.88. The van der Waals surface area contributed by atoms with Gasteiger partial charge in [-0.3, -0.25) is 4.79 Å². The molecule has 0 aromatic heterocycles. The van der Waals surface area contributed by atoms with Gasteiger partial charge < -0.3 is 5.32 Å². The van der Waals surface area contributed by atoms with E-state index in [0.29, 0.717) is 5.56 Å². The van der Waals surface area contributed by atoms with E-state index < -0.39 is 26.0 Å². The molecule has 1 amide bonds. The van der Waals surface area contributed by atoms with E-state index in [1.54, 1.807) is 12.1 Å². The highest BCUT2D eigenvalue weighted by atomic mass is 32.2. The van der Waals surface area contributed by atoms with Gasteiger partial charge in [-0.05, 0) is 49.2 Å². The van der Waals surface area contributed by atoms with Crippen LogP contribution in [0, 0.1) is 13.8 Å². The Hall–Kier alpha value is -3.05. The van der Waals surface area contributed by atoms with Crippen LogP contribution in [-0.2, 0) is 37.9 Å². The molecule has 3 aromatic rings. The normalized spacial score (nSPS) is 12.0. The molecule has 3 N–H and O–H groups in total. The van der Waals surface area contributed by atoms with Crippen molar-refractivity contribution in [3.8, 4) is 0 Å². The maximum absolute atomic E-state index is 13.3. The number of hydrogen-bond acceptors (Lipinski definition) is 5. The lowest BCUT2D eigenvalue weighted by Crippen LogP contribution is -2.40. The zero-order valence-electron chi connectivity index (χ0n) is 18.9. The lowest BCUT2D eigenvalue weighted by Gasteiger charge is -2.22. The first-order chi connectivity index (χ1) is 15.9. The molecule has 0 fully saturated rings. The number of primary sulfonamides is 1. The van der Waals surface area contributed by atoms with Crippen LogP contribution in [0.25, 0.3) is 0 Å². The number of nitrogens with zero attached hydrogens (tertiary/aromatic N) is 1. The summed E-state index contributed by atoms with van der Waals surface area (Å²) in [7, 11) is -7.74. The lowest BCUT2D eigenvalue weighted by molar-refractivity contribution is -0.121. The largest absolute Gasteiger partial charge is 0.351 e. The summed E-state index contributed by atoms with van der Waals surface area (Å²) in [5, 5.41) is 7.78. The van der Waals surface area contributed by atoms with Crippen LogP contribution in [0.2, 0.25) is 0 Å².